The predicted molar refractivity (Wildman–Crippen MR) is 61.9 cm³/mol. The molecule has 1 aromatic heterocycles. The average Bonchev–Trinajstić information content (AvgIpc) is 2.74. The highest BCUT2D eigenvalue weighted by Crippen LogP contribution is 2.28. The predicted octanol–water partition coefficient (Wildman–Crippen LogP) is 0.395. The molecule has 0 amide bonds. The fourth-order valence-corrected chi connectivity index (χ4v) is 2.32. The van der Waals surface area contributed by atoms with Gasteiger partial charge in [0.25, 0.3) is 5.56 Å². The fourth-order valence-electron chi connectivity index (χ4n) is 2.04. The third kappa shape index (κ3) is 1.81. The number of hydrogen-bond acceptors (Lipinski definition) is 4. The average molecular weight is 244 g/mol. The molecule has 0 spiro atoms. The summed E-state index contributed by atoms with van der Waals surface area (Å²) in [6.45, 7) is 0.880. The van der Waals surface area contributed by atoms with E-state index in [0.717, 1.165) is 19.4 Å². The van der Waals surface area contributed by atoms with E-state index in [0.29, 0.717) is 5.69 Å². The van der Waals surface area contributed by atoms with Gasteiger partial charge in [-0.15, -0.1) is 0 Å². The molecule has 1 aliphatic heterocycles. The standard InChI is InChI=1S/C10H14ClN3O2/c1-13-10(16)9(11)8(5-12-13)14-4-2-3-7(14)6-15/h5,7,15H,2-4,6H2,1H3. The van der Waals surface area contributed by atoms with Crippen LogP contribution in [-0.4, -0.2) is 34.1 Å². The van der Waals surface area contributed by atoms with Crippen molar-refractivity contribution in [2.75, 3.05) is 18.1 Å². The zero-order valence-electron chi connectivity index (χ0n) is 9.06. The Bertz CT molecular complexity index is 446. The van der Waals surface area contributed by atoms with Gasteiger partial charge in [-0.1, -0.05) is 11.6 Å². The van der Waals surface area contributed by atoms with Crippen molar-refractivity contribution in [1.82, 2.24) is 9.78 Å². The van der Waals surface area contributed by atoms with Crippen LogP contribution >= 0.6 is 11.6 Å². The summed E-state index contributed by atoms with van der Waals surface area (Å²) in [5, 5.41) is 13.4. The number of halogens is 1. The number of anilines is 1. The number of aromatic nitrogens is 2. The quantitative estimate of drug-likeness (QED) is 0.817. The second kappa shape index (κ2) is 4.43. The van der Waals surface area contributed by atoms with Gasteiger partial charge in [0.15, 0.2) is 0 Å². The molecule has 0 saturated carbocycles. The molecule has 1 unspecified atom stereocenters. The Morgan fingerprint density at radius 1 is 1.69 bits per heavy atom. The van der Waals surface area contributed by atoms with Crippen LogP contribution < -0.4 is 10.5 Å². The van der Waals surface area contributed by atoms with E-state index in [1.54, 1.807) is 13.2 Å². The maximum Gasteiger partial charge on any atom is 0.287 e. The van der Waals surface area contributed by atoms with Crippen molar-refractivity contribution in [2.24, 2.45) is 7.05 Å². The molecule has 1 aromatic rings. The summed E-state index contributed by atoms with van der Waals surface area (Å²) in [7, 11) is 1.56. The molecule has 2 rings (SSSR count). The molecule has 1 aliphatic rings. The van der Waals surface area contributed by atoms with E-state index in [4.69, 9.17) is 11.6 Å². The van der Waals surface area contributed by atoms with Crippen molar-refractivity contribution in [3.05, 3.63) is 21.6 Å². The Balaban J connectivity index is 2.41. The second-order valence-electron chi connectivity index (χ2n) is 3.94. The molecule has 16 heavy (non-hydrogen) atoms. The van der Waals surface area contributed by atoms with Gasteiger partial charge in [0.05, 0.1) is 24.5 Å². The van der Waals surface area contributed by atoms with Gasteiger partial charge in [0, 0.05) is 13.6 Å². The Hall–Kier alpha value is -1.07. The largest absolute Gasteiger partial charge is 0.394 e. The summed E-state index contributed by atoms with van der Waals surface area (Å²) >= 11 is 6.00. The number of rotatable bonds is 2. The lowest BCUT2D eigenvalue weighted by Crippen LogP contribution is -2.34. The van der Waals surface area contributed by atoms with Crippen molar-refractivity contribution in [3.63, 3.8) is 0 Å². The maximum absolute atomic E-state index is 11.6. The Morgan fingerprint density at radius 3 is 3.12 bits per heavy atom. The van der Waals surface area contributed by atoms with E-state index in [1.165, 1.54) is 4.68 Å². The molecule has 1 fully saturated rings. The van der Waals surface area contributed by atoms with Crippen LogP contribution in [0.1, 0.15) is 12.8 Å². The summed E-state index contributed by atoms with van der Waals surface area (Å²) in [6.07, 6.45) is 3.50. The number of aliphatic hydroxyl groups is 1. The highest BCUT2D eigenvalue weighted by atomic mass is 35.5. The monoisotopic (exact) mass is 243 g/mol. The van der Waals surface area contributed by atoms with Crippen LogP contribution in [0.5, 0.6) is 0 Å². The maximum atomic E-state index is 11.6. The van der Waals surface area contributed by atoms with Gasteiger partial charge in [0.2, 0.25) is 0 Å². The van der Waals surface area contributed by atoms with E-state index in [1.807, 2.05) is 4.90 Å². The van der Waals surface area contributed by atoms with Gasteiger partial charge in [-0.05, 0) is 12.8 Å². The van der Waals surface area contributed by atoms with E-state index < -0.39 is 0 Å². The first-order valence-corrected chi connectivity index (χ1v) is 5.62. The molecule has 0 aromatic carbocycles. The molecule has 0 radical (unpaired) electrons. The molecule has 0 bridgehead atoms. The molecular formula is C10H14ClN3O2. The first-order chi connectivity index (χ1) is 7.65. The van der Waals surface area contributed by atoms with Crippen LogP contribution in [0.2, 0.25) is 5.02 Å². The SMILES string of the molecule is Cn1ncc(N2CCCC2CO)c(Cl)c1=O. The van der Waals surface area contributed by atoms with Gasteiger partial charge in [0.1, 0.15) is 5.02 Å². The van der Waals surface area contributed by atoms with Crippen molar-refractivity contribution in [2.45, 2.75) is 18.9 Å². The summed E-state index contributed by atoms with van der Waals surface area (Å²) in [6, 6.07) is 0.0476. The molecule has 88 valence electrons. The van der Waals surface area contributed by atoms with Crippen molar-refractivity contribution in [3.8, 4) is 0 Å². The minimum atomic E-state index is -0.303. The van der Waals surface area contributed by atoms with Gasteiger partial charge >= 0.3 is 0 Å². The minimum absolute atomic E-state index is 0.0476. The molecule has 1 N–H and O–H groups in total. The first kappa shape index (κ1) is 11.4. The molecule has 2 heterocycles. The van der Waals surface area contributed by atoms with E-state index in [2.05, 4.69) is 5.10 Å². The van der Waals surface area contributed by atoms with Crippen molar-refractivity contribution >= 4 is 17.3 Å². The third-order valence-corrected chi connectivity index (χ3v) is 3.31. The number of aliphatic hydroxyl groups excluding tert-OH is 1. The fraction of sp³-hybridized carbons (Fsp3) is 0.600. The summed E-state index contributed by atoms with van der Waals surface area (Å²) < 4.78 is 1.20. The highest BCUT2D eigenvalue weighted by molar-refractivity contribution is 6.33. The lowest BCUT2D eigenvalue weighted by molar-refractivity contribution is 0.266. The summed E-state index contributed by atoms with van der Waals surface area (Å²) in [4.78, 5) is 13.6. The first-order valence-electron chi connectivity index (χ1n) is 5.24. The number of nitrogens with zero attached hydrogens (tertiary/aromatic N) is 3. The second-order valence-corrected chi connectivity index (χ2v) is 4.32. The van der Waals surface area contributed by atoms with Gasteiger partial charge in [-0.25, -0.2) is 4.68 Å². The zero-order valence-corrected chi connectivity index (χ0v) is 9.81. The van der Waals surface area contributed by atoms with Gasteiger partial charge < -0.3 is 10.0 Å². The van der Waals surface area contributed by atoms with Crippen LogP contribution in [0.15, 0.2) is 11.0 Å². The van der Waals surface area contributed by atoms with Gasteiger partial charge in [-0.3, -0.25) is 4.79 Å². The lowest BCUT2D eigenvalue weighted by atomic mass is 10.2. The zero-order chi connectivity index (χ0) is 11.7. The highest BCUT2D eigenvalue weighted by Gasteiger charge is 2.26. The van der Waals surface area contributed by atoms with Crippen LogP contribution in [0.4, 0.5) is 5.69 Å². The van der Waals surface area contributed by atoms with Crippen LogP contribution in [-0.2, 0) is 7.05 Å². The summed E-state index contributed by atoms with van der Waals surface area (Å²) in [5.74, 6) is 0. The van der Waals surface area contributed by atoms with E-state index >= 15 is 0 Å². The van der Waals surface area contributed by atoms with Crippen LogP contribution in [0.3, 0.4) is 0 Å². The molecule has 5 nitrogen and oxygen atoms in total. The van der Waals surface area contributed by atoms with Crippen LogP contribution in [0, 0.1) is 0 Å². The topological polar surface area (TPSA) is 58.4 Å². The third-order valence-electron chi connectivity index (χ3n) is 2.96. The molecular weight excluding hydrogens is 230 g/mol. The van der Waals surface area contributed by atoms with Crippen molar-refractivity contribution in [1.29, 1.82) is 0 Å². The van der Waals surface area contributed by atoms with E-state index in [9.17, 15) is 9.90 Å². The Labute approximate surface area is 98.3 Å². The number of aryl methyl sites for hydroxylation is 1. The normalized spacial score (nSPS) is 20.4. The Morgan fingerprint density at radius 2 is 2.44 bits per heavy atom. The van der Waals surface area contributed by atoms with Crippen LogP contribution in [0.25, 0.3) is 0 Å². The lowest BCUT2D eigenvalue weighted by Gasteiger charge is -2.25. The minimum Gasteiger partial charge on any atom is -0.394 e. The van der Waals surface area contributed by atoms with Crippen molar-refractivity contribution < 1.29 is 5.11 Å². The molecule has 1 saturated heterocycles. The summed E-state index contributed by atoms with van der Waals surface area (Å²) in [5.41, 5.74) is 0.323. The molecule has 0 aliphatic carbocycles. The molecule has 1 atom stereocenters. The van der Waals surface area contributed by atoms with Gasteiger partial charge in [-0.2, -0.15) is 5.10 Å². The van der Waals surface area contributed by atoms with E-state index in [-0.39, 0.29) is 23.2 Å². The molecule has 6 heteroatoms. The smallest absolute Gasteiger partial charge is 0.287 e. The Kier molecular flexibility index (Phi) is 3.16. The number of hydrogen-bond donors (Lipinski definition) is 1.